The first-order valence-corrected chi connectivity index (χ1v) is 6.65. The summed E-state index contributed by atoms with van der Waals surface area (Å²) >= 11 is 3.35. The van der Waals surface area contributed by atoms with Gasteiger partial charge in [-0.3, -0.25) is 0 Å². The van der Waals surface area contributed by atoms with Crippen molar-refractivity contribution in [2.24, 2.45) is 0 Å². The van der Waals surface area contributed by atoms with Crippen molar-refractivity contribution in [3.63, 3.8) is 0 Å². The first kappa shape index (κ1) is 13.5. The molecule has 1 atom stereocenters. The summed E-state index contributed by atoms with van der Waals surface area (Å²) in [5.74, 6) is -0.197. The van der Waals surface area contributed by atoms with Crippen LogP contribution in [0.25, 0.3) is 0 Å². The molecule has 1 nitrogen and oxygen atoms in total. The molecule has 0 aliphatic heterocycles. The van der Waals surface area contributed by atoms with E-state index in [2.05, 4.69) is 35.1 Å². The van der Waals surface area contributed by atoms with Crippen molar-refractivity contribution in [1.82, 2.24) is 0 Å². The lowest BCUT2D eigenvalue weighted by atomic mass is 10.1. The summed E-state index contributed by atoms with van der Waals surface area (Å²) in [7, 11) is 0. The van der Waals surface area contributed by atoms with E-state index in [0.29, 0.717) is 11.7 Å². The number of hydrogen-bond acceptors (Lipinski definition) is 1. The van der Waals surface area contributed by atoms with E-state index in [9.17, 15) is 4.39 Å². The number of hydrogen-bond donors (Lipinski definition) is 1. The van der Waals surface area contributed by atoms with Gasteiger partial charge in [0.05, 0.1) is 5.69 Å². The van der Waals surface area contributed by atoms with E-state index in [4.69, 9.17) is 0 Å². The minimum absolute atomic E-state index is 0.197. The maximum atomic E-state index is 13.5. The number of halogens is 2. The summed E-state index contributed by atoms with van der Waals surface area (Å²) < 4.78 is 14.3. The standard InChI is InChI=1S/C13H19BrFN/c1-3-4-5-7-10(2)16-13-11(14)8-6-9-12(13)15/h6,8-10,16H,3-5,7H2,1-2H3. The second-order valence-corrected chi connectivity index (χ2v) is 4.99. The molecule has 1 rings (SSSR count). The molecule has 1 aromatic rings. The molecular weight excluding hydrogens is 269 g/mol. The molecule has 16 heavy (non-hydrogen) atoms. The van der Waals surface area contributed by atoms with Gasteiger partial charge in [-0.2, -0.15) is 0 Å². The molecule has 0 aliphatic carbocycles. The Balaban J connectivity index is 2.52. The van der Waals surface area contributed by atoms with Gasteiger partial charge in [0, 0.05) is 10.5 Å². The number of anilines is 1. The van der Waals surface area contributed by atoms with Gasteiger partial charge in [0.25, 0.3) is 0 Å². The predicted molar refractivity (Wildman–Crippen MR) is 71.3 cm³/mol. The van der Waals surface area contributed by atoms with E-state index in [-0.39, 0.29) is 5.82 Å². The average molecular weight is 288 g/mol. The number of para-hydroxylation sites is 1. The minimum atomic E-state index is -0.197. The molecule has 0 amide bonds. The Kier molecular flexibility index (Phi) is 5.81. The Labute approximate surface area is 106 Å². The van der Waals surface area contributed by atoms with Gasteiger partial charge in [-0.15, -0.1) is 0 Å². The van der Waals surface area contributed by atoms with Crippen LogP contribution >= 0.6 is 15.9 Å². The van der Waals surface area contributed by atoms with Crippen LogP contribution in [0.15, 0.2) is 22.7 Å². The van der Waals surface area contributed by atoms with Crippen LogP contribution in [-0.4, -0.2) is 6.04 Å². The molecule has 1 unspecified atom stereocenters. The maximum absolute atomic E-state index is 13.5. The predicted octanol–water partition coefficient (Wildman–Crippen LogP) is 4.97. The van der Waals surface area contributed by atoms with Crippen LogP contribution in [0.2, 0.25) is 0 Å². The fourth-order valence-electron chi connectivity index (χ4n) is 1.65. The number of benzene rings is 1. The van der Waals surface area contributed by atoms with Crippen molar-refractivity contribution in [2.75, 3.05) is 5.32 Å². The van der Waals surface area contributed by atoms with Crippen LogP contribution in [0.1, 0.15) is 39.5 Å². The van der Waals surface area contributed by atoms with Crippen molar-refractivity contribution in [2.45, 2.75) is 45.6 Å². The Hall–Kier alpha value is -0.570. The number of unbranched alkanes of at least 4 members (excludes halogenated alkanes) is 2. The largest absolute Gasteiger partial charge is 0.379 e. The summed E-state index contributed by atoms with van der Waals surface area (Å²) in [5, 5.41) is 3.22. The first-order valence-electron chi connectivity index (χ1n) is 5.85. The Morgan fingerprint density at radius 2 is 2.12 bits per heavy atom. The molecule has 0 fully saturated rings. The van der Waals surface area contributed by atoms with Crippen LogP contribution in [0.3, 0.4) is 0 Å². The van der Waals surface area contributed by atoms with Crippen molar-refractivity contribution in [3.8, 4) is 0 Å². The van der Waals surface area contributed by atoms with Crippen LogP contribution in [0.5, 0.6) is 0 Å². The van der Waals surface area contributed by atoms with Crippen molar-refractivity contribution < 1.29 is 4.39 Å². The van der Waals surface area contributed by atoms with E-state index >= 15 is 0 Å². The lowest BCUT2D eigenvalue weighted by Gasteiger charge is -2.16. The smallest absolute Gasteiger partial charge is 0.147 e. The van der Waals surface area contributed by atoms with Gasteiger partial charge in [-0.25, -0.2) is 4.39 Å². The van der Waals surface area contributed by atoms with Gasteiger partial charge in [-0.05, 0) is 41.4 Å². The molecule has 0 aliphatic rings. The molecule has 0 radical (unpaired) electrons. The molecule has 1 aromatic carbocycles. The second kappa shape index (κ2) is 6.89. The second-order valence-electron chi connectivity index (χ2n) is 4.14. The summed E-state index contributed by atoms with van der Waals surface area (Å²) in [6.45, 7) is 4.28. The molecule has 90 valence electrons. The van der Waals surface area contributed by atoms with Gasteiger partial charge in [-0.1, -0.05) is 32.3 Å². The van der Waals surface area contributed by atoms with Gasteiger partial charge < -0.3 is 5.32 Å². The van der Waals surface area contributed by atoms with Gasteiger partial charge in [0.15, 0.2) is 0 Å². The normalized spacial score (nSPS) is 12.5. The Morgan fingerprint density at radius 3 is 2.75 bits per heavy atom. The quantitative estimate of drug-likeness (QED) is 0.729. The van der Waals surface area contributed by atoms with Crippen molar-refractivity contribution in [1.29, 1.82) is 0 Å². The highest BCUT2D eigenvalue weighted by Gasteiger charge is 2.09. The number of nitrogens with one attached hydrogen (secondary N) is 1. The van der Waals surface area contributed by atoms with Gasteiger partial charge >= 0.3 is 0 Å². The summed E-state index contributed by atoms with van der Waals surface area (Å²) in [4.78, 5) is 0. The van der Waals surface area contributed by atoms with Crippen LogP contribution in [0.4, 0.5) is 10.1 Å². The highest BCUT2D eigenvalue weighted by molar-refractivity contribution is 9.10. The minimum Gasteiger partial charge on any atom is -0.379 e. The molecule has 0 bridgehead atoms. The molecule has 0 spiro atoms. The van der Waals surface area contributed by atoms with E-state index in [1.807, 2.05) is 6.07 Å². The highest BCUT2D eigenvalue weighted by Crippen LogP contribution is 2.26. The van der Waals surface area contributed by atoms with Crippen LogP contribution in [0, 0.1) is 5.82 Å². The fraction of sp³-hybridized carbons (Fsp3) is 0.538. The molecular formula is C13H19BrFN. The first-order chi connectivity index (χ1) is 7.65. The molecule has 0 heterocycles. The zero-order valence-corrected chi connectivity index (χ0v) is 11.5. The van der Waals surface area contributed by atoms with E-state index in [1.165, 1.54) is 25.3 Å². The summed E-state index contributed by atoms with van der Waals surface area (Å²) in [6, 6.07) is 5.34. The Bertz CT molecular complexity index is 307. The SMILES string of the molecule is CCCCCC(C)Nc1c(F)cccc1Br. The lowest BCUT2D eigenvalue weighted by Crippen LogP contribution is -2.16. The topological polar surface area (TPSA) is 12.0 Å². The molecule has 3 heteroatoms. The van der Waals surface area contributed by atoms with Crippen molar-refractivity contribution >= 4 is 21.6 Å². The molecule has 0 aromatic heterocycles. The van der Waals surface area contributed by atoms with Crippen LogP contribution < -0.4 is 5.32 Å². The van der Waals surface area contributed by atoms with Crippen LogP contribution in [-0.2, 0) is 0 Å². The van der Waals surface area contributed by atoms with Crippen molar-refractivity contribution in [3.05, 3.63) is 28.5 Å². The lowest BCUT2D eigenvalue weighted by molar-refractivity contribution is 0.599. The third-order valence-corrected chi connectivity index (χ3v) is 3.26. The number of rotatable bonds is 6. The molecule has 0 saturated carbocycles. The fourth-order valence-corrected chi connectivity index (χ4v) is 2.11. The molecule has 0 saturated heterocycles. The third-order valence-electron chi connectivity index (χ3n) is 2.59. The summed E-state index contributed by atoms with van der Waals surface area (Å²) in [6.07, 6.45) is 4.73. The summed E-state index contributed by atoms with van der Waals surface area (Å²) in [5.41, 5.74) is 0.575. The zero-order valence-electron chi connectivity index (χ0n) is 9.89. The third kappa shape index (κ3) is 4.12. The highest BCUT2D eigenvalue weighted by atomic mass is 79.9. The van der Waals surface area contributed by atoms with Gasteiger partial charge in [0.1, 0.15) is 5.82 Å². The average Bonchev–Trinajstić information content (AvgIpc) is 2.24. The van der Waals surface area contributed by atoms with Gasteiger partial charge in [0.2, 0.25) is 0 Å². The van der Waals surface area contributed by atoms with E-state index in [1.54, 1.807) is 6.07 Å². The van der Waals surface area contributed by atoms with E-state index in [0.717, 1.165) is 10.9 Å². The Morgan fingerprint density at radius 1 is 1.38 bits per heavy atom. The van der Waals surface area contributed by atoms with E-state index < -0.39 is 0 Å². The monoisotopic (exact) mass is 287 g/mol. The maximum Gasteiger partial charge on any atom is 0.147 e. The zero-order chi connectivity index (χ0) is 12.0. The molecule has 1 N–H and O–H groups in total.